The van der Waals surface area contributed by atoms with Crippen LogP contribution in [0.5, 0.6) is 0 Å². The maximum absolute atomic E-state index is 11.3. The summed E-state index contributed by atoms with van der Waals surface area (Å²) < 4.78 is 19.7. The van der Waals surface area contributed by atoms with Crippen molar-refractivity contribution < 1.29 is 28.5 Å². The predicted octanol–water partition coefficient (Wildman–Crippen LogP) is 2.81. The topological polar surface area (TPSA) is 71.1 Å². The van der Waals surface area contributed by atoms with E-state index < -0.39 is 24.5 Å². The molecule has 6 nitrogen and oxygen atoms in total. The smallest absolute Gasteiger partial charge is 0.435 e. The lowest BCUT2D eigenvalue weighted by atomic mass is 10.2. The van der Waals surface area contributed by atoms with E-state index in [4.69, 9.17) is 18.9 Å². The Kier molecular flexibility index (Phi) is 6.18. The van der Waals surface area contributed by atoms with Crippen molar-refractivity contribution in [3.8, 4) is 0 Å². The quantitative estimate of drug-likeness (QED) is 0.579. The molecular formula is C13H20O6. The average Bonchev–Trinajstić information content (AvgIpc) is 2.72. The van der Waals surface area contributed by atoms with Crippen LogP contribution in [-0.4, -0.2) is 37.7 Å². The maximum atomic E-state index is 11.3. The van der Waals surface area contributed by atoms with Crippen molar-refractivity contribution in [3.05, 3.63) is 11.6 Å². The first-order valence-corrected chi connectivity index (χ1v) is 6.41. The first kappa shape index (κ1) is 15.3. The van der Waals surface area contributed by atoms with Crippen LogP contribution in [-0.2, 0) is 18.9 Å². The summed E-state index contributed by atoms with van der Waals surface area (Å²) in [5.74, 6) is 0. The molecule has 108 valence electrons. The molecule has 0 radical (unpaired) electrons. The number of ether oxygens (including phenoxy) is 4. The molecular weight excluding hydrogens is 252 g/mol. The van der Waals surface area contributed by atoms with Gasteiger partial charge in [0.15, 0.2) is 0 Å². The molecule has 6 heteroatoms. The molecule has 2 atom stereocenters. The third-order valence-electron chi connectivity index (χ3n) is 2.77. The Balaban J connectivity index is 2.59. The third-order valence-corrected chi connectivity index (χ3v) is 2.77. The highest BCUT2D eigenvalue weighted by molar-refractivity contribution is 5.61. The van der Waals surface area contributed by atoms with Crippen LogP contribution >= 0.6 is 0 Å². The van der Waals surface area contributed by atoms with E-state index in [9.17, 15) is 9.59 Å². The molecule has 2 unspecified atom stereocenters. The van der Waals surface area contributed by atoms with Gasteiger partial charge < -0.3 is 18.9 Å². The van der Waals surface area contributed by atoms with E-state index >= 15 is 0 Å². The normalized spacial score (nSPS) is 21.7. The highest BCUT2D eigenvalue weighted by Crippen LogP contribution is 2.30. The zero-order valence-corrected chi connectivity index (χ0v) is 11.5. The fourth-order valence-corrected chi connectivity index (χ4v) is 1.88. The van der Waals surface area contributed by atoms with Gasteiger partial charge in [0, 0.05) is 12.8 Å². The minimum Gasteiger partial charge on any atom is -0.435 e. The second-order valence-electron chi connectivity index (χ2n) is 4.03. The number of hydrogen-bond acceptors (Lipinski definition) is 6. The summed E-state index contributed by atoms with van der Waals surface area (Å²) in [4.78, 5) is 22.6. The Morgan fingerprint density at radius 3 is 1.79 bits per heavy atom. The van der Waals surface area contributed by atoms with Crippen LogP contribution in [0.1, 0.15) is 33.6 Å². The first-order valence-electron chi connectivity index (χ1n) is 6.41. The fraction of sp³-hybridized carbons (Fsp3) is 0.692. The van der Waals surface area contributed by atoms with E-state index in [0.29, 0.717) is 12.8 Å². The molecule has 1 aliphatic carbocycles. The molecule has 1 rings (SSSR count). The van der Waals surface area contributed by atoms with Crippen molar-refractivity contribution in [2.75, 3.05) is 13.2 Å². The fourth-order valence-electron chi connectivity index (χ4n) is 1.88. The van der Waals surface area contributed by atoms with Gasteiger partial charge in [-0.25, -0.2) is 9.59 Å². The Bertz CT molecular complexity index is 319. The summed E-state index contributed by atoms with van der Waals surface area (Å²) in [5.41, 5.74) is 1.07. The van der Waals surface area contributed by atoms with Gasteiger partial charge in [0.05, 0.1) is 13.2 Å². The molecule has 0 N–H and O–H groups in total. The first-order chi connectivity index (χ1) is 9.10. The zero-order valence-electron chi connectivity index (χ0n) is 11.5. The summed E-state index contributed by atoms with van der Waals surface area (Å²) >= 11 is 0. The largest absolute Gasteiger partial charge is 0.508 e. The SMILES string of the molecule is CC=C1CC(OC(=O)OCC)C(OC(=O)OCC)C1. The van der Waals surface area contributed by atoms with Crippen molar-refractivity contribution in [2.45, 2.75) is 45.8 Å². The van der Waals surface area contributed by atoms with E-state index in [0.717, 1.165) is 5.57 Å². The maximum Gasteiger partial charge on any atom is 0.508 e. The van der Waals surface area contributed by atoms with E-state index in [1.54, 1.807) is 13.8 Å². The van der Waals surface area contributed by atoms with E-state index in [2.05, 4.69) is 0 Å². The van der Waals surface area contributed by atoms with Gasteiger partial charge in [0.25, 0.3) is 0 Å². The Morgan fingerprint density at radius 1 is 1.05 bits per heavy atom. The summed E-state index contributed by atoms with van der Waals surface area (Å²) in [7, 11) is 0. The molecule has 0 spiro atoms. The Morgan fingerprint density at radius 2 is 1.47 bits per heavy atom. The Hall–Kier alpha value is -1.72. The van der Waals surface area contributed by atoms with Crippen LogP contribution in [0.2, 0.25) is 0 Å². The molecule has 19 heavy (non-hydrogen) atoms. The van der Waals surface area contributed by atoms with E-state index in [1.165, 1.54) is 0 Å². The number of hydrogen-bond donors (Lipinski definition) is 0. The molecule has 0 amide bonds. The molecule has 0 bridgehead atoms. The number of carbonyl (C=O) groups is 2. The van der Waals surface area contributed by atoms with Crippen molar-refractivity contribution in [2.24, 2.45) is 0 Å². The van der Waals surface area contributed by atoms with Crippen LogP contribution in [0.3, 0.4) is 0 Å². The monoisotopic (exact) mass is 272 g/mol. The van der Waals surface area contributed by atoms with Crippen LogP contribution in [0.4, 0.5) is 9.59 Å². The molecule has 0 aromatic carbocycles. The summed E-state index contributed by atoms with van der Waals surface area (Å²) in [6.07, 6.45) is 0.475. The highest BCUT2D eigenvalue weighted by atomic mass is 16.8. The van der Waals surface area contributed by atoms with Crippen molar-refractivity contribution in [3.63, 3.8) is 0 Å². The van der Waals surface area contributed by atoms with Crippen LogP contribution in [0.25, 0.3) is 0 Å². The van der Waals surface area contributed by atoms with Crippen molar-refractivity contribution >= 4 is 12.3 Å². The van der Waals surface area contributed by atoms with Crippen LogP contribution < -0.4 is 0 Å². The van der Waals surface area contributed by atoms with Gasteiger partial charge in [-0.3, -0.25) is 0 Å². The van der Waals surface area contributed by atoms with E-state index in [1.807, 2.05) is 13.0 Å². The third kappa shape index (κ3) is 4.81. The molecule has 0 aromatic rings. The van der Waals surface area contributed by atoms with Crippen molar-refractivity contribution in [1.82, 2.24) is 0 Å². The van der Waals surface area contributed by atoms with Gasteiger partial charge in [-0.15, -0.1) is 0 Å². The molecule has 1 aliphatic rings. The lowest BCUT2D eigenvalue weighted by Gasteiger charge is -2.19. The summed E-state index contributed by atoms with van der Waals surface area (Å²) in [6.45, 7) is 5.76. The molecule has 1 fully saturated rings. The predicted molar refractivity (Wildman–Crippen MR) is 66.8 cm³/mol. The van der Waals surface area contributed by atoms with Crippen LogP contribution in [0.15, 0.2) is 11.6 Å². The lowest BCUT2D eigenvalue weighted by Crippen LogP contribution is -2.31. The van der Waals surface area contributed by atoms with Gasteiger partial charge in [0.2, 0.25) is 0 Å². The minimum absolute atomic E-state index is 0.241. The van der Waals surface area contributed by atoms with Crippen molar-refractivity contribution in [1.29, 1.82) is 0 Å². The van der Waals surface area contributed by atoms with Gasteiger partial charge in [-0.1, -0.05) is 11.6 Å². The zero-order chi connectivity index (χ0) is 14.3. The second-order valence-corrected chi connectivity index (χ2v) is 4.03. The van der Waals surface area contributed by atoms with Gasteiger partial charge >= 0.3 is 12.3 Å². The molecule has 0 saturated heterocycles. The minimum atomic E-state index is -0.748. The number of allylic oxidation sites excluding steroid dienone is 1. The lowest BCUT2D eigenvalue weighted by molar-refractivity contribution is -0.0415. The number of rotatable bonds is 4. The van der Waals surface area contributed by atoms with Gasteiger partial charge in [-0.05, 0) is 20.8 Å². The molecule has 1 saturated carbocycles. The van der Waals surface area contributed by atoms with Gasteiger partial charge in [-0.2, -0.15) is 0 Å². The molecule has 0 aromatic heterocycles. The Labute approximate surface area is 112 Å². The second kappa shape index (κ2) is 7.66. The highest BCUT2D eigenvalue weighted by Gasteiger charge is 2.37. The number of carbonyl (C=O) groups excluding carboxylic acids is 2. The van der Waals surface area contributed by atoms with Crippen LogP contribution in [0, 0.1) is 0 Å². The summed E-state index contributed by atoms with van der Waals surface area (Å²) in [5, 5.41) is 0. The summed E-state index contributed by atoms with van der Waals surface area (Å²) in [6, 6.07) is 0. The van der Waals surface area contributed by atoms with Gasteiger partial charge in [0.1, 0.15) is 12.2 Å². The average molecular weight is 272 g/mol. The molecule has 0 aliphatic heterocycles. The standard InChI is InChI=1S/C13H20O6/c1-4-9-7-10(18-12(14)16-5-2)11(8-9)19-13(15)17-6-3/h4,10-11H,5-8H2,1-3H3. The van der Waals surface area contributed by atoms with E-state index in [-0.39, 0.29) is 13.2 Å². The molecule has 0 heterocycles.